The van der Waals surface area contributed by atoms with Crippen LogP contribution < -0.4 is 9.80 Å². The van der Waals surface area contributed by atoms with Crippen molar-refractivity contribution in [1.29, 1.82) is 0 Å². The fraction of sp³-hybridized carbons (Fsp3) is 0.474. The molecule has 4 rings (SSSR count). The van der Waals surface area contributed by atoms with E-state index in [0.29, 0.717) is 31.2 Å². The Labute approximate surface area is 171 Å². The van der Waals surface area contributed by atoms with Gasteiger partial charge in [0.25, 0.3) is 0 Å². The lowest BCUT2D eigenvalue weighted by atomic mass is 10.2. The van der Waals surface area contributed by atoms with Crippen LogP contribution in [-0.4, -0.2) is 62.0 Å². The molecular weight excluding hydrogens is 398 g/mol. The van der Waals surface area contributed by atoms with Gasteiger partial charge in [-0.1, -0.05) is 23.7 Å². The van der Waals surface area contributed by atoms with Crippen molar-refractivity contribution in [2.45, 2.75) is 18.6 Å². The van der Waals surface area contributed by atoms with E-state index in [9.17, 15) is 8.42 Å². The van der Waals surface area contributed by atoms with Crippen molar-refractivity contribution in [2.24, 2.45) is 0 Å². The zero-order valence-electron chi connectivity index (χ0n) is 15.7. The van der Waals surface area contributed by atoms with Crippen molar-refractivity contribution in [3.63, 3.8) is 0 Å². The molecule has 2 aliphatic heterocycles. The van der Waals surface area contributed by atoms with Crippen molar-refractivity contribution in [3.8, 4) is 0 Å². The molecule has 2 saturated heterocycles. The SMILES string of the molecule is O=S(=O)(Cc1ccc(Cl)cc1)N1CCN(c2ccnc(N3CCCC3)n2)CC1. The van der Waals surface area contributed by atoms with Crippen LogP contribution >= 0.6 is 11.6 Å². The largest absolute Gasteiger partial charge is 0.354 e. The summed E-state index contributed by atoms with van der Waals surface area (Å²) in [4.78, 5) is 13.4. The molecule has 150 valence electrons. The van der Waals surface area contributed by atoms with Gasteiger partial charge in [-0.3, -0.25) is 0 Å². The molecular formula is C19H24ClN5O2S. The second-order valence-corrected chi connectivity index (χ2v) is 9.58. The van der Waals surface area contributed by atoms with E-state index >= 15 is 0 Å². The minimum absolute atomic E-state index is 0.00319. The molecule has 1 aromatic carbocycles. The van der Waals surface area contributed by atoms with Crippen molar-refractivity contribution < 1.29 is 8.42 Å². The number of hydrogen-bond donors (Lipinski definition) is 0. The van der Waals surface area contributed by atoms with E-state index in [1.54, 1.807) is 34.8 Å². The molecule has 0 spiro atoms. The average Bonchev–Trinajstić information content (AvgIpc) is 3.25. The molecule has 7 nitrogen and oxygen atoms in total. The minimum atomic E-state index is -3.35. The summed E-state index contributed by atoms with van der Waals surface area (Å²) in [6.45, 7) is 4.16. The van der Waals surface area contributed by atoms with Crippen molar-refractivity contribution >= 4 is 33.4 Å². The highest BCUT2D eigenvalue weighted by Gasteiger charge is 2.28. The highest BCUT2D eigenvalue weighted by atomic mass is 35.5. The van der Waals surface area contributed by atoms with Crippen LogP contribution in [0.2, 0.25) is 5.02 Å². The summed E-state index contributed by atoms with van der Waals surface area (Å²) < 4.78 is 27.1. The van der Waals surface area contributed by atoms with Crippen LogP contribution in [-0.2, 0) is 15.8 Å². The summed E-state index contributed by atoms with van der Waals surface area (Å²) in [6.07, 6.45) is 4.15. The first-order valence-corrected chi connectivity index (χ1v) is 11.6. The third-order valence-corrected chi connectivity index (χ3v) is 7.34. The van der Waals surface area contributed by atoms with Gasteiger partial charge in [-0.25, -0.2) is 13.4 Å². The second kappa shape index (κ2) is 8.23. The number of rotatable bonds is 5. The van der Waals surface area contributed by atoms with Crippen LogP contribution in [0.15, 0.2) is 36.5 Å². The lowest BCUT2D eigenvalue weighted by molar-refractivity contribution is 0.383. The molecule has 0 radical (unpaired) electrons. The first-order valence-electron chi connectivity index (χ1n) is 9.56. The Morgan fingerprint density at radius 3 is 2.25 bits per heavy atom. The summed E-state index contributed by atoms with van der Waals surface area (Å²) in [5, 5.41) is 0.605. The van der Waals surface area contributed by atoms with E-state index in [0.717, 1.165) is 30.4 Å². The molecule has 0 bridgehead atoms. The van der Waals surface area contributed by atoms with Gasteiger partial charge in [-0.15, -0.1) is 0 Å². The number of anilines is 2. The maximum Gasteiger partial charge on any atom is 0.227 e. The maximum absolute atomic E-state index is 12.8. The Morgan fingerprint density at radius 2 is 1.57 bits per heavy atom. The predicted molar refractivity (Wildman–Crippen MR) is 111 cm³/mol. The zero-order chi connectivity index (χ0) is 19.6. The third kappa shape index (κ3) is 4.39. The lowest BCUT2D eigenvalue weighted by Gasteiger charge is -2.35. The standard InChI is InChI=1S/C19H24ClN5O2S/c20-17-5-3-16(4-6-17)15-28(26,27)25-13-11-23(12-14-25)18-7-8-21-19(22-18)24-9-1-2-10-24/h3-8H,1-2,9-15H2. The molecule has 3 heterocycles. The van der Waals surface area contributed by atoms with E-state index in [4.69, 9.17) is 16.6 Å². The lowest BCUT2D eigenvalue weighted by Crippen LogP contribution is -2.49. The van der Waals surface area contributed by atoms with E-state index in [2.05, 4.69) is 14.8 Å². The normalized spacial score (nSPS) is 18.6. The van der Waals surface area contributed by atoms with Crippen LogP contribution in [0.1, 0.15) is 18.4 Å². The molecule has 0 amide bonds. The molecule has 2 aromatic rings. The molecule has 2 aliphatic rings. The number of aromatic nitrogens is 2. The monoisotopic (exact) mass is 421 g/mol. The first kappa shape index (κ1) is 19.4. The number of piperazine rings is 1. The summed E-state index contributed by atoms with van der Waals surface area (Å²) >= 11 is 5.88. The van der Waals surface area contributed by atoms with E-state index < -0.39 is 10.0 Å². The van der Waals surface area contributed by atoms with Crippen LogP contribution in [0.25, 0.3) is 0 Å². The second-order valence-electron chi connectivity index (χ2n) is 7.18. The van der Waals surface area contributed by atoms with Gasteiger partial charge in [-0.2, -0.15) is 9.29 Å². The Morgan fingerprint density at radius 1 is 0.893 bits per heavy atom. The van der Waals surface area contributed by atoms with Gasteiger partial charge in [0.1, 0.15) is 5.82 Å². The van der Waals surface area contributed by atoms with Crippen LogP contribution in [0, 0.1) is 0 Å². The number of sulfonamides is 1. The molecule has 28 heavy (non-hydrogen) atoms. The van der Waals surface area contributed by atoms with Gasteiger partial charge in [0.05, 0.1) is 5.75 Å². The molecule has 0 N–H and O–H groups in total. The van der Waals surface area contributed by atoms with Crippen molar-refractivity contribution in [1.82, 2.24) is 14.3 Å². The van der Waals surface area contributed by atoms with E-state index in [1.807, 2.05) is 6.07 Å². The Bertz CT molecular complexity index is 908. The zero-order valence-corrected chi connectivity index (χ0v) is 17.2. The summed E-state index contributed by atoms with van der Waals surface area (Å²) in [7, 11) is -3.35. The van der Waals surface area contributed by atoms with Crippen LogP contribution in [0.4, 0.5) is 11.8 Å². The maximum atomic E-state index is 12.8. The van der Waals surface area contributed by atoms with E-state index in [-0.39, 0.29) is 5.75 Å². The molecule has 0 aliphatic carbocycles. The molecule has 0 atom stereocenters. The summed E-state index contributed by atoms with van der Waals surface area (Å²) in [5.74, 6) is 1.64. The first-order chi connectivity index (χ1) is 13.5. The average molecular weight is 422 g/mol. The molecule has 0 unspecified atom stereocenters. The Hall–Kier alpha value is -1.90. The third-order valence-electron chi connectivity index (χ3n) is 5.24. The Balaban J connectivity index is 1.39. The van der Waals surface area contributed by atoms with Gasteiger partial charge in [-0.05, 0) is 36.6 Å². The Kier molecular flexibility index (Phi) is 5.70. The van der Waals surface area contributed by atoms with Crippen LogP contribution in [0.5, 0.6) is 0 Å². The number of nitrogens with zero attached hydrogens (tertiary/aromatic N) is 5. The van der Waals surface area contributed by atoms with Gasteiger partial charge >= 0.3 is 0 Å². The number of halogens is 1. The van der Waals surface area contributed by atoms with Gasteiger partial charge in [0, 0.05) is 50.5 Å². The van der Waals surface area contributed by atoms with Gasteiger partial charge in [0.2, 0.25) is 16.0 Å². The molecule has 9 heteroatoms. The fourth-order valence-electron chi connectivity index (χ4n) is 3.66. The highest BCUT2D eigenvalue weighted by molar-refractivity contribution is 7.88. The number of benzene rings is 1. The summed E-state index contributed by atoms with van der Waals surface area (Å²) in [5.41, 5.74) is 0.748. The van der Waals surface area contributed by atoms with Gasteiger partial charge < -0.3 is 9.80 Å². The quantitative estimate of drug-likeness (QED) is 0.738. The topological polar surface area (TPSA) is 69.6 Å². The fourth-order valence-corrected chi connectivity index (χ4v) is 5.30. The van der Waals surface area contributed by atoms with Crippen molar-refractivity contribution in [3.05, 3.63) is 47.1 Å². The smallest absolute Gasteiger partial charge is 0.227 e. The van der Waals surface area contributed by atoms with Crippen molar-refractivity contribution in [2.75, 3.05) is 49.1 Å². The van der Waals surface area contributed by atoms with Crippen LogP contribution in [0.3, 0.4) is 0 Å². The van der Waals surface area contributed by atoms with E-state index in [1.165, 1.54) is 12.8 Å². The highest BCUT2D eigenvalue weighted by Crippen LogP contribution is 2.21. The molecule has 1 aromatic heterocycles. The minimum Gasteiger partial charge on any atom is -0.354 e. The number of hydrogen-bond acceptors (Lipinski definition) is 6. The predicted octanol–water partition coefficient (Wildman–Crippen LogP) is 2.38. The van der Waals surface area contributed by atoms with Gasteiger partial charge in [0.15, 0.2) is 0 Å². The molecule has 2 fully saturated rings. The summed E-state index contributed by atoms with van der Waals surface area (Å²) in [6, 6.07) is 8.86. The molecule has 0 saturated carbocycles.